The molecular formula is C20H21FN2O2S. The Labute approximate surface area is 157 Å². The number of likely N-dealkylation sites (N-methyl/N-ethyl adjacent to an activating group) is 1. The van der Waals surface area contributed by atoms with E-state index < -0.39 is 11.7 Å². The second kappa shape index (κ2) is 6.43. The fraction of sp³-hybridized carbons (Fsp3) is 0.300. The van der Waals surface area contributed by atoms with Crippen LogP contribution in [0.2, 0.25) is 0 Å². The minimum absolute atomic E-state index is 0.149. The first-order valence-electron chi connectivity index (χ1n) is 8.29. The van der Waals surface area contributed by atoms with Crippen molar-refractivity contribution in [2.24, 2.45) is 0 Å². The van der Waals surface area contributed by atoms with E-state index in [1.807, 2.05) is 18.9 Å². The number of imide groups is 1. The van der Waals surface area contributed by atoms with E-state index in [0.29, 0.717) is 5.56 Å². The molecule has 6 heteroatoms. The number of carbonyl (C=O) groups excluding carboxylic acids is 2. The predicted molar refractivity (Wildman–Crippen MR) is 105 cm³/mol. The standard InChI is InChI=1S/C20H21FN2O2S/c1-6-7-23-18(24)17(26-19(23)25)9-13-8-14-12(2)11-20(3,4)22(5)16(14)10-15(13)21/h6,8-11H,1,7H2,2-5H3/b17-9+. The van der Waals surface area contributed by atoms with Gasteiger partial charge in [0.05, 0.1) is 10.4 Å². The number of carbonyl (C=O) groups is 2. The first-order chi connectivity index (χ1) is 12.2. The van der Waals surface area contributed by atoms with Crippen LogP contribution in [0.15, 0.2) is 35.8 Å². The van der Waals surface area contributed by atoms with E-state index in [9.17, 15) is 14.0 Å². The maximum Gasteiger partial charge on any atom is 0.293 e. The molecular weight excluding hydrogens is 351 g/mol. The number of rotatable bonds is 3. The molecule has 0 atom stereocenters. The fourth-order valence-corrected chi connectivity index (χ4v) is 4.07. The molecule has 2 amide bonds. The Bertz CT molecular complexity index is 886. The highest BCUT2D eigenvalue weighted by Gasteiger charge is 2.35. The number of fused-ring (bicyclic) bond motifs is 1. The van der Waals surface area contributed by atoms with Crippen molar-refractivity contribution in [1.82, 2.24) is 4.90 Å². The molecule has 2 aliphatic heterocycles. The van der Waals surface area contributed by atoms with Gasteiger partial charge in [0.2, 0.25) is 0 Å². The second-order valence-electron chi connectivity index (χ2n) is 7.01. The summed E-state index contributed by atoms with van der Waals surface area (Å²) in [5, 5.41) is -0.364. The van der Waals surface area contributed by atoms with Crippen LogP contribution in [0, 0.1) is 5.82 Å². The summed E-state index contributed by atoms with van der Waals surface area (Å²) in [6, 6.07) is 3.23. The number of hydrogen-bond donors (Lipinski definition) is 0. The van der Waals surface area contributed by atoms with Gasteiger partial charge in [-0.25, -0.2) is 4.39 Å². The first-order valence-corrected chi connectivity index (χ1v) is 9.11. The number of amides is 2. The van der Waals surface area contributed by atoms with E-state index in [0.717, 1.165) is 33.5 Å². The molecule has 136 valence electrons. The van der Waals surface area contributed by atoms with Gasteiger partial charge < -0.3 is 4.90 Å². The molecule has 4 nitrogen and oxygen atoms in total. The number of halogens is 1. The van der Waals surface area contributed by atoms with Crippen LogP contribution in [0.25, 0.3) is 11.6 Å². The third-order valence-corrected chi connectivity index (χ3v) is 5.71. The summed E-state index contributed by atoms with van der Waals surface area (Å²) in [6.45, 7) is 9.83. The number of benzene rings is 1. The molecule has 1 aromatic rings. The quantitative estimate of drug-likeness (QED) is 0.571. The maximum absolute atomic E-state index is 14.7. The average molecular weight is 372 g/mol. The molecule has 0 N–H and O–H groups in total. The number of allylic oxidation sites excluding steroid dienone is 1. The maximum atomic E-state index is 14.7. The van der Waals surface area contributed by atoms with Crippen LogP contribution in [0.3, 0.4) is 0 Å². The van der Waals surface area contributed by atoms with Crippen molar-refractivity contribution in [3.8, 4) is 0 Å². The lowest BCUT2D eigenvalue weighted by Crippen LogP contribution is -2.42. The van der Waals surface area contributed by atoms with E-state index in [4.69, 9.17) is 0 Å². The highest BCUT2D eigenvalue weighted by Crippen LogP contribution is 2.40. The Kier molecular flexibility index (Phi) is 4.56. The molecule has 1 fully saturated rings. The van der Waals surface area contributed by atoms with Crippen LogP contribution in [0.5, 0.6) is 0 Å². The van der Waals surface area contributed by atoms with Crippen molar-refractivity contribution in [2.45, 2.75) is 26.3 Å². The van der Waals surface area contributed by atoms with E-state index >= 15 is 0 Å². The number of anilines is 1. The van der Waals surface area contributed by atoms with Gasteiger partial charge in [-0.1, -0.05) is 12.2 Å². The van der Waals surface area contributed by atoms with Gasteiger partial charge in [-0.3, -0.25) is 14.5 Å². The topological polar surface area (TPSA) is 40.6 Å². The lowest BCUT2D eigenvalue weighted by molar-refractivity contribution is -0.122. The number of nitrogens with zero attached hydrogens (tertiary/aromatic N) is 2. The zero-order chi connectivity index (χ0) is 19.2. The fourth-order valence-electron chi connectivity index (χ4n) is 3.23. The average Bonchev–Trinajstić information content (AvgIpc) is 2.82. The molecule has 2 heterocycles. The van der Waals surface area contributed by atoms with Gasteiger partial charge >= 0.3 is 0 Å². The van der Waals surface area contributed by atoms with Crippen molar-refractivity contribution in [1.29, 1.82) is 0 Å². The Hall–Kier alpha value is -2.34. The summed E-state index contributed by atoms with van der Waals surface area (Å²) in [5.74, 6) is -0.834. The van der Waals surface area contributed by atoms with Gasteiger partial charge in [0.25, 0.3) is 11.1 Å². The predicted octanol–water partition coefficient (Wildman–Crippen LogP) is 4.68. The Morgan fingerprint density at radius 2 is 2.00 bits per heavy atom. The van der Waals surface area contributed by atoms with Crippen molar-refractivity contribution in [3.05, 3.63) is 52.7 Å². The van der Waals surface area contributed by atoms with Crippen molar-refractivity contribution in [3.63, 3.8) is 0 Å². The van der Waals surface area contributed by atoms with Gasteiger partial charge in [-0.05, 0) is 56.3 Å². The monoisotopic (exact) mass is 372 g/mol. The third kappa shape index (κ3) is 2.98. The molecule has 0 radical (unpaired) electrons. The van der Waals surface area contributed by atoms with Gasteiger partial charge in [0.15, 0.2) is 0 Å². The highest BCUT2D eigenvalue weighted by atomic mass is 32.2. The SMILES string of the molecule is C=CCN1C(=O)S/C(=C/c2cc3c(cc2F)N(C)C(C)(C)C=C3C)C1=O. The Morgan fingerprint density at radius 3 is 2.65 bits per heavy atom. The molecule has 0 unspecified atom stereocenters. The Morgan fingerprint density at radius 1 is 1.31 bits per heavy atom. The molecule has 0 saturated carbocycles. The molecule has 0 bridgehead atoms. The zero-order valence-corrected chi connectivity index (χ0v) is 16.1. The molecule has 2 aliphatic rings. The molecule has 26 heavy (non-hydrogen) atoms. The normalized spacial score (nSPS) is 20.5. The number of thioether (sulfide) groups is 1. The van der Waals surface area contributed by atoms with Crippen LogP contribution in [-0.4, -0.2) is 35.2 Å². The van der Waals surface area contributed by atoms with Crippen LogP contribution >= 0.6 is 11.8 Å². The van der Waals surface area contributed by atoms with Crippen molar-refractivity contribution >= 4 is 40.2 Å². The number of hydrogen-bond acceptors (Lipinski definition) is 4. The summed E-state index contributed by atoms with van der Waals surface area (Å²) in [6.07, 6.45) is 5.08. The minimum Gasteiger partial charge on any atom is -0.365 e. The third-order valence-electron chi connectivity index (χ3n) is 4.81. The Balaban J connectivity index is 2.04. The largest absolute Gasteiger partial charge is 0.365 e. The molecule has 1 aromatic carbocycles. The van der Waals surface area contributed by atoms with Gasteiger partial charge in [-0.15, -0.1) is 6.58 Å². The van der Waals surface area contributed by atoms with Gasteiger partial charge in [0, 0.05) is 30.4 Å². The van der Waals surface area contributed by atoms with Crippen LogP contribution in [0.4, 0.5) is 14.9 Å². The first kappa shape index (κ1) is 18.5. The van der Waals surface area contributed by atoms with E-state index in [1.54, 1.807) is 6.07 Å². The van der Waals surface area contributed by atoms with Crippen molar-refractivity contribution in [2.75, 3.05) is 18.5 Å². The molecule has 1 saturated heterocycles. The summed E-state index contributed by atoms with van der Waals surface area (Å²) in [7, 11) is 1.93. The lowest BCUT2D eigenvalue weighted by Gasteiger charge is -2.40. The van der Waals surface area contributed by atoms with Crippen LogP contribution in [-0.2, 0) is 4.79 Å². The minimum atomic E-state index is -0.420. The van der Waals surface area contributed by atoms with Crippen LogP contribution in [0.1, 0.15) is 31.9 Å². The highest BCUT2D eigenvalue weighted by molar-refractivity contribution is 8.18. The summed E-state index contributed by atoms with van der Waals surface area (Å²) >= 11 is 0.823. The second-order valence-corrected chi connectivity index (χ2v) is 8.01. The van der Waals surface area contributed by atoms with E-state index in [1.165, 1.54) is 18.2 Å². The van der Waals surface area contributed by atoms with Crippen LogP contribution < -0.4 is 4.90 Å². The van der Waals surface area contributed by atoms with Gasteiger partial charge in [0.1, 0.15) is 5.82 Å². The van der Waals surface area contributed by atoms with E-state index in [-0.39, 0.29) is 22.2 Å². The lowest BCUT2D eigenvalue weighted by atomic mass is 9.88. The molecule has 0 aromatic heterocycles. The summed E-state index contributed by atoms with van der Waals surface area (Å²) in [5.41, 5.74) is 2.87. The smallest absolute Gasteiger partial charge is 0.293 e. The molecule has 0 spiro atoms. The summed E-state index contributed by atoms with van der Waals surface area (Å²) in [4.78, 5) is 27.6. The van der Waals surface area contributed by atoms with Gasteiger partial charge in [-0.2, -0.15) is 0 Å². The zero-order valence-electron chi connectivity index (χ0n) is 15.3. The molecule has 3 rings (SSSR count). The van der Waals surface area contributed by atoms with E-state index in [2.05, 4.69) is 26.5 Å². The summed E-state index contributed by atoms with van der Waals surface area (Å²) < 4.78 is 14.7. The molecule has 0 aliphatic carbocycles. The van der Waals surface area contributed by atoms with Crippen molar-refractivity contribution < 1.29 is 14.0 Å².